The maximum Gasteiger partial charge on any atom is 0.231 e. The van der Waals surface area contributed by atoms with E-state index in [0.29, 0.717) is 35.3 Å². The van der Waals surface area contributed by atoms with E-state index in [1.807, 2.05) is 16.8 Å². The molecular formula is C16H13N3O4S. The minimum absolute atomic E-state index is 0.135. The molecular weight excluding hydrogens is 330 g/mol. The minimum atomic E-state index is -0.135. The molecule has 0 unspecified atom stereocenters. The second-order valence-corrected chi connectivity index (χ2v) is 5.92. The van der Waals surface area contributed by atoms with Gasteiger partial charge >= 0.3 is 0 Å². The molecule has 3 heterocycles. The summed E-state index contributed by atoms with van der Waals surface area (Å²) in [4.78, 5) is 16.3. The van der Waals surface area contributed by atoms with Gasteiger partial charge in [0.2, 0.25) is 24.4 Å². The molecule has 7 nitrogen and oxygen atoms in total. The molecule has 2 aromatic heterocycles. The average molecular weight is 343 g/mol. The van der Waals surface area contributed by atoms with Gasteiger partial charge in [-0.1, -0.05) is 5.16 Å². The van der Waals surface area contributed by atoms with E-state index in [0.717, 1.165) is 5.56 Å². The highest BCUT2D eigenvalue weighted by molar-refractivity contribution is 7.08. The molecule has 0 aliphatic carbocycles. The third-order valence-electron chi connectivity index (χ3n) is 3.47. The van der Waals surface area contributed by atoms with Crippen molar-refractivity contribution in [3.8, 4) is 22.9 Å². The van der Waals surface area contributed by atoms with Crippen LogP contribution in [0.1, 0.15) is 12.3 Å². The zero-order valence-corrected chi connectivity index (χ0v) is 13.3. The molecule has 1 aliphatic heterocycles. The van der Waals surface area contributed by atoms with Crippen molar-refractivity contribution in [3.63, 3.8) is 0 Å². The number of thiophene rings is 1. The summed E-state index contributed by atoms with van der Waals surface area (Å²) >= 11 is 1.57. The first-order chi connectivity index (χ1) is 11.8. The lowest BCUT2D eigenvalue weighted by molar-refractivity contribution is -0.116. The summed E-state index contributed by atoms with van der Waals surface area (Å²) in [6.07, 6.45) is 0.632. The molecule has 1 aliphatic rings. The number of aromatic nitrogens is 2. The van der Waals surface area contributed by atoms with Crippen LogP contribution in [0.4, 0.5) is 5.69 Å². The van der Waals surface area contributed by atoms with Gasteiger partial charge in [0.1, 0.15) is 0 Å². The molecule has 8 heteroatoms. The number of nitrogens with one attached hydrogen (secondary N) is 1. The van der Waals surface area contributed by atoms with E-state index in [9.17, 15) is 4.79 Å². The zero-order chi connectivity index (χ0) is 16.4. The molecule has 24 heavy (non-hydrogen) atoms. The number of hydrogen-bond donors (Lipinski definition) is 1. The van der Waals surface area contributed by atoms with Crippen molar-refractivity contribution in [2.45, 2.75) is 12.8 Å². The third-order valence-corrected chi connectivity index (χ3v) is 4.15. The van der Waals surface area contributed by atoms with E-state index < -0.39 is 0 Å². The monoisotopic (exact) mass is 343 g/mol. The van der Waals surface area contributed by atoms with E-state index in [2.05, 4.69) is 15.5 Å². The Morgan fingerprint density at radius 1 is 1.25 bits per heavy atom. The summed E-state index contributed by atoms with van der Waals surface area (Å²) in [5.41, 5.74) is 1.58. The van der Waals surface area contributed by atoms with E-state index in [1.165, 1.54) is 0 Å². The Hall–Kier alpha value is -2.87. The first-order valence-electron chi connectivity index (χ1n) is 7.32. The lowest BCUT2D eigenvalue weighted by Gasteiger charge is -2.05. The fraction of sp³-hybridized carbons (Fsp3) is 0.188. The Morgan fingerprint density at radius 3 is 3.04 bits per heavy atom. The maximum atomic E-state index is 12.1. The number of rotatable bonds is 5. The molecule has 1 aromatic carbocycles. The highest BCUT2D eigenvalue weighted by atomic mass is 32.1. The van der Waals surface area contributed by atoms with Gasteiger partial charge in [-0.3, -0.25) is 4.79 Å². The average Bonchev–Trinajstić information content (AvgIpc) is 3.32. The van der Waals surface area contributed by atoms with Crippen molar-refractivity contribution in [3.05, 3.63) is 40.9 Å². The number of benzene rings is 1. The van der Waals surface area contributed by atoms with Gasteiger partial charge in [-0.25, -0.2) is 0 Å². The number of aryl methyl sites for hydroxylation is 1. The molecule has 0 radical (unpaired) electrons. The Labute approximate surface area is 141 Å². The topological polar surface area (TPSA) is 86.5 Å². The zero-order valence-electron chi connectivity index (χ0n) is 12.5. The predicted molar refractivity (Wildman–Crippen MR) is 87.1 cm³/mol. The first-order valence-corrected chi connectivity index (χ1v) is 8.27. The van der Waals surface area contributed by atoms with Gasteiger partial charge in [-0.2, -0.15) is 16.3 Å². The van der Waals surface area contributed by atoms with Crippen LogP contribution in [0.3, 0.4) is 0 Å². The highest BCUT2D eigenvalue weighted by Gasteiger charge is 2.15. The number of anilines is 1. The number of carbonyl (C=O) groups excluding carboxylic acids is 1. The van der Waals surface area contributed by atoms with Gasteiger partial charge in [-0.15, -0.1) is 0 Å². The number of amides is 1. The second kappa shape index (κ2) is 6.32. The van der Waals surface area contributed by atoms with Crippen molar-refractivity contribution in [2.24, 2.45) is 0 Å². The summed E-state index contributed by atoms with van der Waals surface area (Å²) in [7, 11) is 0. The largest absolute Gasteiger partial charge is 0.454 e. The molecule has 122 valence electrons. The Bertz CT molecular complexity index is 860. The van der Waals surface area contributed by atoms with Crippen LogP contribution in [0.2, 0.25) is 0 Å². The van der Waals surface area contributed by atoms with Crippen molar-refractivity contribution in [1.29, 1.82) is 0 Å². The lowest BCUT2D eigenvalue weighted by atomic mass is 10.2. The normalized spacial score (nSPS) is 12.3. The Morgan fingerprint density at radius 2 is 2.17 bits per heavy atom. The number of fused-ring (bicyclic) bond motifs is 1. The Balaban J connectivity index is 1.33. The third kappa shape index (κ3) is 3.09. The quantitative estimate of drug-likeness (QED) is 0.766. The fourth-order valence-electron chi connectivity index (χ4n) is 2.28. The first kappa shape index (κ1) is 14.7. The summed E-state index contributed by atoms with van der Waals surface area (Å²) in [5, 5.41) is 10.6. The van der Waals surface area contributed by atoms with Gasteiger partial charge in [0.15, 0.2) is 11.5 Å². The molecule has 4 rings (SSSR count). The van der Waals surface area contributed by atoms with Crippen molar-refractivity contribution >= 4 is 22.9 Å². The van der Waals surface area contributed by atoms with Crippen LogP contribution >= 0.6 is 11.3 Å². The summed E-state index contributed by atoms with van der Waals surface area (Å²) < 4.78 is 15.7. The molecule has 0 saturated heterocycles. The molecule has 0 atom stereocenters. The smallest absolute Gasteiger partial charge is 0.231 e. The number of ether oxygens (including phenoxy) is 2. The van der Waals surface area contributed by atoms with Crippen molar-refractivity contribution in [2.75, 3.05) is 12.1 Å². The standard InChI is InChI=1S/C16H13N3O4S/c20-14(17-11-1-2-12-13(7-11)22-9-21-12)3-4-15-18-16(19-23-15)10-5-6-24-8-10/h1-2,5-8H,3-4,9H2,(H,17,20). The summed E-state index contributed by atoms with van der Waals surface area (Å²) in [5.74, 6) is 2.16. The van der Waals surface area contributed by atoms with Crippen LogP contribution in [0.25, 0.3) is 11.4 Å². The van der Waals surface area contributed by atoms with Crippen LogP contribution in [0.15, 0.2) is 39.5 Å². The molecule has 1 amide bonds. The van der Waals surface area contributed by atoms with Gasteiger partial charge in [0.05, 0.1) is 0 Å². The van der Waals surface area contributed by atoms with Gasteiger partial charge in [-0.05, 0) is 23.6 Å². The maximum absolute atomic E-state index is 12.1. The predicted octanol–water partition coefficient (Wildman–Crippen LogP) is 3.10. The van der Waals surface area contributed by atoms with Crippen LogP contribution in [-0.2, 0) is 11.2 Å². The van der Waals surface area contributed by atoms with Crippen LogP contribution in [0, 0.1) is 0 Å². The molecule has 0 bridgehead atoms. The van der Waals surface area contributed by atoms with Gasteiger partial charge < -0.3 is 19.3 Å². The lowest BCUT2D eigenvalue weighted by Crippen LogP contribution is -2.12. The highest BCUT2D eigenvalue weighted by Crippen LogP contribution is 2.34. The second-order valence-electron chi connectivity index (χ2n) is 5.14. The SMILES string of the molecule is O=C(CCc1nc(-c2ccsc2)no1)Nc1ccc2c(c1)OCO2. The van der Waals surface area contributed by atoms with Gasteiger partial charge in [0.25, 0.3) is 0 Å². The van der Waals surface area contributed by atoms with E-state index >= 15 is 0 Å². The molecule has 3 aromatic rings. The number of nitrogens with zero attached hydrogens (tertiary/aromatic N) is 2. The van der Waals surface area contributed by atoms with E-state index in [-0.39, 0.29) is 19.1 Å². The van der Waals surface area contributed by atoms with Crippen molar-refractivity contribution in [1.82, 2.24) is 10.1 Å². The number of hydrogen-bond acceptors (Lipinski definition) is 7. The van der Waals surface area contributed by atoms with Crippen LogP contribution in [0.5, 0.6) is 11.5 Å². The molecule has 0 saturated carbocycles. The van der Waals surface area contributed by atoms with E-state index in [1.54, 1.807) is 29.5 Å². The Kier molecular flexibility index (Phi) is 3.87. The summed E-state index contributed by atoms with van der Waals surface area (Å²) in [6, 6.07) is 7.20. The number of carbonyl (C=O) groups is 1. The molecule has 0 fully saturated rings. The van der Waals surface area contributed by atoms with Crippen LogP contribution < -0.4 is 14.8 Å². The van der Waals surface area contributed by atoms with Crippen molar-refractivity contribution < 1.29 is 18.8 Å². The molecule has 1 N–H and O–H groups in total. The summed E-state index contributed by atoms with van der Waals surface area (Å²) in [6.45, 7) is 0.205. The van der Waals surface area contributed by atoms with Gasteiger partial charge in [0, 0.05) is 35.5 Å². The molecule has 0 spiro atoms. The van der Waals surface area contributed by atoms with Crippen LogP contribution in [-0.4, -0.2) is 22.8 Å². The van der Waals surface area contributed by atoms with E-state index in [4.69, 9.17) is 14.0 Å². The minimum Gasteiger partial charge on any atom is -0.454 e. The fourth-order valence-corrected chi connectivity index (χ4v) is 2.92.